The Morgan fingerprint density at radius 3 is 2.33 bits per heavy atom. The highest BCUT2D eigenvalue weighted by Gasteiger charge is 2.47. The summed E-state index contributed by atoms with van der Waals surface area (Å²) < 4.78 is 0. The smallest absolute Gasteiger partial charge is 0.319 e. The average Bonchev–Trinajstić information content (AvgIpc) is 2.53. The lowest BCUT2D eigenvalue weighted by atomic mass is 9.52. The van der Waals surface area contributed by atoms with Gasteiger partial charge < -0.3 is 16.4 Å². The maximum Gasteiger partial charge on any atom is 0.319 e. The Bertz CT molecular complexity index is 630. The van der Waals surface area contributed by atoms with Crippen molar-refractivity contribution in [2.24, 2.45) is 35.3 Å². The van der Waals surface area contributed by atoms with Crippen LogP contribution in [0.15, 0.2) is 24.3 Å². The molecule has 24 heavy (non-hydrogen) atoms. The minimum atomic E-state index is -0.493. The lowest BCUT2D eigenvalue weighted by Crippen LogP contribution is -2.49. The summed E-state index contributed by atoms with van der Waals surface area (Å²) in [7, 11) is 0. The largest absolute Gasteiger partial charge is 0.366 e. The minimum absolute atomic E-state index is 0.203. The molecule has 0 saturated heterocycles. The number of nitrogens with two attached hydrogens (primary N) is 1. The summed E-state index contributed by atoms with van der Waals surface area (Å²) in [6.07, 6.45) is 6.90. The SMILES string of the molecule is NC(=O)c1cccc(NC(=O)NCC2C3CC4CC(C3)CC2C4)c1. The Morgan fingerprint density at radius 2 is 1.71 bits per heavy atom. The van der Waals surface area contributed by atoms with Gasteiger partial charge in [0.15, 0.2) is 0 Å². The molecule has 0 heterocycles. The topological polar surface area (TPSA) is 84.2 Å². The summed E-state index contributed by atoms with van der Waals surface area (Å²) in [5, 5.41) is 5.84. The normalized spacial score (nSPS) is 33.2. The molecule has 0 radical (unpaired) electrons. The van der Waals surface area contributed by atoms with Crippen molar-refractivity contribution in [3.05, 3.63) is 29.8 Å². The third-order valence-corrected chi connectivity index (χ3v) is 6.33. The van der Waals surface area contributed by atoms with Crippen LogP contribution < -0.4 is 16.4 Å². The standard InChI is InChI=1S/C19H25N3O2/c20-18(23)13-2-1-3-16(9-13)22-19(24)21-10-17-14-5-11-4-12(7-14)8-15(17)6-11/h1-3,9,11-12,14-15,17H,4-8,10H2,(H2,20,23)(H2,21,22,24). The van der Waals surface area contributed by atoms with E-state index >= 15 is 0 Å². The molecule has 0 atom stereocenters. The molecule has 4 N–H and O–H groups in total. The van der Waals surface area contributed by atoms with E-state index in [-0.39, 0.29) is 6.03 Å². The zero-order valence-corrected chi connectivity index (χ0v) is 13.8. The van der Waals surface area contributed by atoms with Gasteiger partial charge in [0.25, 0.3) is 0 Å². The predicted molar refractivity (Wildman–Crippen MR) is 92.5 cm³/mol. The minimum Gasteiger partial charge on any atom is -0.366 e. The first-order valence-electron chi connectivity index (χ1n) is 9.03. The number of nitrogens with one attached hydrogen (secondary N) is 2. The van der Waals surface area contributed by atoms with Gasteiger partial charge in [-0.05, 0) is 79.9 Å². The second-order valence-corrected chi connectivity index (χ2v) is 7.87. The number of hydrogen-bond donors (Lipinski definition) is 3. The van der Waals surface area contributed by atoms with Crippen molar-refractivity contribution in [3.63, 3.8) is 0 Å². The van der Waals surface area contributed by atoms with Crippen LogP contribution in [0.4, 0.5) is 10.5 Å². The van der Waals surface area contributed by atoms with E-state index in [2.05, 4.69) is 10.6 Å². The van der Waals surface area contributed by atoms with Gasteiger partial charge in [-0.25, -0.2) is 4.79 Å². The van der Waals surface area contributed by atoms with Gasteiger partial charge in [0.1, 0.15) is 0 Å². The van der Waals surface area contributed by atoms with E-state index < -0.39 is 5.91 Å². The zero-order valence-electron chi connectivity index (χ0n) is 13.8. The number of benzene rings is 1. The second kappa shape index (κ2) is 6.11. The van der Waals surface area contributed by atoms with Gasteiger partial charge >= 0.3 is 6.03 Å². The molecule has 1 aromatic rings. The van der Waals surface area contributed by atoms with Gasteiger partial charge in [-0.1, -0.05) is 6.07 Å². The van der Waals surface area contributed by atoms with Crippen molar-refractivity contribution in [3.8, 4) is 0 Å². The fourth-order valence-electron chi connectivity index (χ4n) is 5.51. The third kappa shape index (κ3) is 2.99. The molecule has 0 aromatic heterocycles. The number of rotatable bonds is 4. The van der Waals surface area contributed by atoms with Crippen molar-refractivity contribution in [2.45, 2.75) is 32.1 Å². The van der Waals surface area contributed by atoms with Crippen LogP contribution in [0.2, 0.25) is 0 Å². The summed E-state index contributed by atoms with van der Waals surface area (Å²) in [6, 6.07) is 6.51. The lowest BCUT2D eigenvalue weighted by Gasteiger charge is -2.54. The molecule has 0 aliphatic heterocycles. The van der Waals surface area contributed by atoms with Gasteiger partial charge in [-0.3, -0.25) is 4.79 Å². The highest BCUT2D eigenvalue weighted by Crippen LogP contribution is 2.56. The van der Waals surface area contributed by atoms with Gasteiger partial charge in [-0.2, -0.15) is 0 Å². The van der Waals surface area contributed by atoms with Crippen molar-refractivity contribution in [2.75, 3.05) is 11.9 Å². The van der Waals surface area contributed by atoms with Crippen LogP contribution in [0.1, 0.15) is 42.5 Å². The first-order valence-corrected chi connectivity index (χ1v) is 9.03. The van der Waals surface area contributed by atoms with E-state index in [1.807, 2.05) is 0 Å². The number of amides is 3. The Balaban J connectivity index is 1.32. The van der Waals surface area contributed by atoms with Crippen molar-refractivity contribution < 1.29 is 9.59 Å². The van der Waals surface area contributed by atoms with Crippen LogP contribution in [0.3, 0.4) is 0 Å². The molecule has 4 bridgehead atoms. The number of primary amides is 1. The van der Waals surface area contributed by atoms with Crippen LogP contribution >= 0.6 is 0 Å². The number of carbonyl (C=O) groups is 2. The molecule has 0 spiro atoms. The molecule has 4 aliphatic carbocycles. The molecule has 5 heteroatoms. The van der Waals surface area contributed by atoms with Crippen LogP contribution in [0, 0.1) is 29.6 Å². The van der Waals surface area contributed by atoms with Gasteiger partial charge in [-0.15, -0.1) is 0 Å². The Morgan fingerprint density at radius 1 is 1.04 bits per heavy atom. The zero-order chi connectivity index (χ0) is 16.7. The molecule has 128 valence electrons. The van der Waals surface area contributed by atoms with Crippen LogP contribution in [0.5, 0.6) is 0 Å². The summed E-state index contributed by atoms with van der Waals surface area (Å²) in [6.45, 7) is 0.760. The molecular formula is C19H25N3O2. The molecule has 4 aliphatic rings. The second-order valence-electron chi connectivity index (χ2n) is 7.87. The van der Waals surface area contributed by atoms with E-state index in [0.29, 0.717) is 17.2 Å². The number of anilines is 1. The first kappa shape index (κ1) is 15.5. The number of hydrogen-bond acceptors (Lipinski definition) is 2. The lowest BCUT2D eigenvalue weighted by molar-refractivity contribution is -0.0342. The highest BCUT2D eigenvalue weighted by atomic mass is 16.2. The molecule has 5 rings (SSSR count). The summed E-state index contributed by atoms with van der Waals surface area (Å²) in [5.74, 6) is 3.66. The van der Waals surface area contributed by atoms with E-state index in [1.165, 1.54) is 32.1 Å². The average molecular weight is 327 g/mol. The van der Waals surface area contributed by atoms with E-state index in [0.717, 1.165) is 30.2 Å². The molecule has 3 amide bonds. The fourth-order valence-corrected chi connectivity index (χ4v) is 5.51. The third-order valence-electron chi connectivity index (χ3n) is 6.33. The Kier molecular flexibility index (Phi) is 3.94. The molecule has 4 fully saturated rings. The first-order chi connectivity index (χ1) is 11.6. The Hall–Kier alpha value is -2.04. The predicted octanol–water partition coefficient (Wildman–Crippen LogP) is 2.98. The summed E-state index contributed by atoms with van der Waals surface area (Å²) >= 11 is 0. The Labute approximate surface area is 142 Å². The fraction of sp³-hybridized carbons (Fsp3) is 0.579. The summed E-state index contributed by atoms with van der Waals surface area (Å²) in [4.78, 5) is 23.4. The van der Waals surface area contributed by atoms with Gasteiger partial charge in [0.2, 0.25) is 5.91 Å². The molecule has 1 aromatic carbocycles. The van der Waals surface area contributed by atoms with Crippen LogP contribution in [-0.2, 0) is 0 Å². The molecule has 0 unspecified atom stereocenters. The van der Waals surface area contributed by atoms with Crippen molar-refractivity contribution >= 4 is 17.6 Å². The van der Waals surface area contributed by atoms with Crippen LogP contribution in [-0.4, -0.2) is 18.5 Å². The molecular weight excluding hydrogens is 302 g/mol. The van der Waals surface area contributed by atoms with Crippen molar-refractivity contribution in [1.82, 2.24) is 5.32 Å². The highest BCUT2D eigenvalue weighted by molar-refractivity contribution is 5.95. The maximum absolute atomic E-state index is 12.2. The number of urea groups is 1. The van der Waals surface area contributed by atoms with Gasteiger partial charge in [0, 0.05) is 17.8 Å². The quantitative estimate of drug-likeness (QED) is 0.794. The maximum atomic E-state index is 12.2. The number of carbonyl (C=O) groups excluding carboxylic acids is 2. The monoisotopic (exact) mass is 327 g/mol. The molecule has 5 nitrogen and oxygen atoms in total. The van der Waals surface area contributed by atoms with Gasteiger partial charge in [0.05, 0.1) is 0 Å². The van der Waals surface area contributed by atoms with E-state index in [9.17, 15) is 9.59 Å². The van der Waals surface area contributed by atoms with Crippen molar-refractivity contribution in [1.29, 1.82) is 0 Å². The summed E-state index contributed by atoms with van der Waals surface area (Å²) in [5.41, 5.74) is 6.26. The van der Waals surface area contributed by atoms with E-state index in [1.54, 1.807) is 24.3 Å². The van der Waals surface area contributed by atoms with Crippen LogP contribution in [0.25, 0.3) is 0 Å². The van der Waals surface area contributed by atoms with E-state index in [4.69, 9.17) is 5.73 Å². The molecule has 4 saturated carbocycles.